The summed E-state index contributed by atoms with van der Waals surface area (Å²) in [4.78, 5) is 20.0. The van der Waals surface area contributed by atoms with E-state index >= 15 is 0 Å². The molecule has 1 aromatic heterocycles. The molecule has 6 N–H and O–H groups in total. The van der Waals surface area contributed by atoms with Crippen LogP contribution in [0.5, 0.6) is 0 Å². The van der Waals surface area contributed by atoms with Gasteiger partial charge in [-0.2, -0.15) is 4.98 Å². The van der Waals surface area contributed by atoms with Crippen LogP contribution in [0.25, 0.3) is 0 Å². The second-order valence-corrected chi connectivity index (χ2v) is 4.27. The number of rotatable bonds is 5. The van der Waals surface area contributed by atoms with Crippen LogP contribution in [0.4, 0.5) is 17.5 Å². The number of nitrogens with two attached hydrogens (primary N) is 1. The number of nitrogens with one attached hydrogen (secondary N) is 2. The first-order valence-electron chi connectivity index (χ1n) is 5.76. The number of aliphatic hydroxyl groups excluding tert-OH is 2. The summed E-state index contributed by atoms with van der Waals surface area (Å²) in [5.41, 5.74) is 5.62. The summed E-state index contributed by atoms with van der Waals surface area (Å²) >= 11 is 0. The molecule has 0 saturated carbocycles. The third-order valence-electron chi connectivity index (χ3n) is 2.99. The van der Waals surface area contributed by atoms with Crippen molar-refractivity contribution in [2.24, 2.45) is 5.92 Å². The predicted molar refractivity (Wildman–Crippen MR) is 74.5 cm³/mol. The summed E-state index contributed by atoms with van der Waals surface area (Å²) in [7, 11) is 0. The second-order valence-electron chi connectivity index (χ2n) is 4.27. The number of H-pyrrole nitrogens is 1. The van der Waals surface area contributed by atoms with Crippen LogP contribution < -0.4 is 21.5 Å². The Balaban J connectivity index is 0.00000180. The van der Waals surface area contributed by atoms with Gasteiger partial charge in [0.05, 0.1) is 6.67 Å². The normalized spacial score (nSPS) is 13.1. The van der Waals surface area contributed by atoms with Gasteiger partial charge in [-0.05, 0) is 6.42 Å². The summed E-state index contributed by atoms with van der Waals surface area (Å²) in [5.74, 6) is 0.438. The SMILES string of the molecule is Nc1nc2c(c(=O)[nH]1)NCN2CCC(CO)CO.[KH]. The Morgan fingerprint density at radius 3 is 2.74 bits per heavy atom. The van der Waals surface area contributed by atoms with Crippen molar-refractivity contribution in [3.05, 3.63) is 10.4 Å². The van der Waals surface area contributed by atoms with Gasteiger partial charge in [0, 0.05) is 25.7 Å². The van der Waals surface area contributed by atoms with Crippen molar-refractivity contribution < 1.29 is 10.2 Å². The zero-order valence-electron chi connectivity index (χ0n) is 9.89. The molecule has 0 radical (unpaired) electrons. The molecule has 0 aromatic carbocycles. The zero-order chi connectivity index (χ0) is 13.1. The first-order chi connectivity index (χ1) is 8.65. The standard InChI is InChI=1S/C10H17N5O3.K.H/c11-10-13-8-7(9(18)14-10)12-5-15(8)2-1-6(3-16)4-17;;/h6,12,16-17H,1-5H2,(H3,11,13,14,18);;. The Morgan fingerprint density at radius 2 is 2.11 bits per heavy atom. The summed E-state index contributed by atoms with van der Waals surface area (Å²) in [5, 5.41) is 20.9. The second kappa shape index (κ2) is 7.57. The summed E-state index contributed by atoms with van der Waals surface area (Å²) in [6.45, 7) is 0.936. The van der Waals surface area contributed by atoms with E-state index < -0.39 is 0 Å². The van der Waals surface area contributed by atoms with E-state index in [9.17, 15) is 4.79 Å². The predicted octanol–water partition coefficient (Wildman–Crippen LogP) is -2.12. The Bertz CT molecular complexity index is 477. The fourth-order valence-electron chi connectivity index (χ4n) is 1.88. The average molecular weight is 295 g/mol. The van der Waals surface area contributed by atoms with Crippen LogP contribution in [0.2, 0.25) is 0 Å². The number of hydrogen-bond acceptors (Lipinski definition) is 7. The van der Waals surface area contributed by atoms with Crippen LogP contribution >= 0.6 is 0 Å². The monoisotopic (exact) mass is 295 g/mol. The van der Waals surface area contributed by atoms with Crippen LogP contribution in [-0.2, 0) is 0 Å². The van der Waals surface area contributed by atoms with E-state index in [1.54, 1.807) is 0 Å². The number of aromatic amines is 1. The van der Waals surface area contributed by atoms with Gasteiger partial charge in [-0.3, -0.25) is 9.78 Å². The summed E-state index contributed by atoms with van der Waals surface area (Å²) in [6, 6.07) is 0. The van der Waals surface area contributed by atoms with Gasteiger partial charge in [-0.1, -0.05) is 0 Å². The molecule has 1 aliphatic heterocycles. The molecule has 2 heterocycles. The molecule has 2 rings (SSSR count). The topological polar surface area (TPSA) is 128 Å². The van der Waals surface area contributed by atoms with Crippen LogP contribution in [0.15, 0.2) is 4.79 Å². The molecule has 0 unspecified atom stereocenters. The quantitative estimate of drug-likeness (QED) is 0.393. The maximum atomic E-state index is 11.6. The van der Waals surface area contributed by atoms with Crippen molar-refractivity contribution in [2.75, 3.05) is 42.4 Å². The van der Waals surface area contributed by atoms with E-state index in [0.29, 0.717) is 31.1 Å². The van der Waals surface area contributed by atoms with E-state index in [1.165, 1.54) is 0 Å². The number of fused-ring (bicyclic) bond motifs is 1. The molecular formula is C10H18KN5O3. The van der Waals surface area contributed by atoms with E-state index in [-0.39, 0.29) is 82.0 Å². The third-order valence-corrected chi connectivity index (χ3v) is 2.99. The van der Waals surface area contributed by atoms with Gasteiger partial charge in [-0.25, -0.2) is 0 Å². The van der Waals surface area contributed by atoms with Crippen LogP contribution in [-0.4, -0.2) is 98.0 Å². The number of nitrogen functional groups attached to an aromatic ring is 1. The van der Waals surface area contributed by atoms with E-state index in [1.807, 2.05) is 4.90 Å². The Hall–Kier alpha value is -0.164. The first-order valence-corrected chi connectivity index (χ1v) is 5.76. The van der Waals surface area contributed by atoms with Gasteiger partial charge in [-0.15, -0.1) is 0 Å². The molecule has 0 amide bonds. The molecule has 0 bridgehead atoms. The van der Waals surface area contributed by atoms with Crippen molar-refractivity contribution in [3.8, 4) is 0 Å². The van der Waals surface area contributed by atoms with Gasteiger partial charge >= 0.3 is 51.4 Å². The van der Waals surface area contributed by atoms with Crippen molar-refractivity contribution >= 4 is 68.8 Å². The van der Waals surface area contributed by atoms with Crippen LogP contribution in [0, 0.1) is 5.92 Å². The minimum absolute atomic E-state index is 0. The van der Waals surface area contributed by atoms with E-state index in [0.717, 1.165) is 0 Å². The Kier molecular flexibility index (Phi) is 6.73. The molecule has 0 fully saturated rings. The van der Waals surface area contributed by atoms with Gasteiger partial charge in [0.2, 0.25) is 5.95 Å². The van der Waals surface area contributed by atoms with Gasteiger partial charge in [0.1, 0.15) is 5.69 Å². The van der Waals surface area contributed by atoms with E-state index in [2.05, 4.69) is 15.3 Å². The fraction of sp³-hybridized carbons (Fsp3) is 0.600. The molecule has 9 heteroatoms. The zero-order valence-corrected chi connectivity index (χ0v) is 9.89. The third kappa shape index (κ3) is 3.91. The molecule has 8 nitrogen and oxygen atoms in total. The van der Waals surface area contributed by atoms with Crippen molar-refractivity contribution in [1.29, 1.82) is 0 Å². The molecule has 0 atom stereocenters. The Labute approximate surface area is 152 Å². The molecule has 102 valence electrons. The van der Waals surface area contributed by atoms with E-state index in [4.69, 9.17) is 15.9 Å². The summed E-state index contributed by atoms with van der Waals surface area (Å²) < 4.78 is 0. The molecule has 0 aliphatic carbocycles. The van der Waals surface area contributed by atoms with Crippen LogP contribution in [0.1, 0.15) is 6.42 Å². The molecule has 0 spiro atoms. The molecular weight excluding hydrogens is 277 g/mol. The molecule has 0 saturated heterocycles. The Morgan fingerprint density at radius 1 is 1.42 bits per heavy atom. The molecule has 19 heavy (non-hydrogen) atoms. The maximum absolute atomic E-state index is 11.6. The van der Waals surface area contributed by atoms with Gasteiger partial charge < -0.3 is 26.2 Å². The number of aromatic nitrogens is 2. The first kappa shape index (κ1) is 16.9. The molecule has 1 aromatic rings. The number of nitrogens with zero attached hydrogens (tertiary/aromatic N) is 2. The number of hydrogen-bond donors (Lipinski definition) is 5. The van der Waals surface area contributed by atoms with Crippen molar-refractivity contribution in [3.63, 3.8) is 0 Å². The van der Waals surface area contributed by atoms with Gasteiger partial charge in [0.25, 0.3) is 5.56 Å². The van der Waals surface area contributed by atoms with Crippen molar-refractivity contribution in [2.45, 2.75) is 6.42 Å². The molecule has 1 aliphatic rings. The minimum atomic E-state index is -0.291. The van der Waals surface area contributed by atoms with Crippen LogP contribution in [0.3, 0.4) is 0 Å². The van der Waals surface area contributed by atoms with Crippen molar-refractivity contribution in [1.82, 2.24) is 9.97 Å². The summed E-state index contributed by atoms with van der Waals surface area (Å²) in [6.07, 6.45) is 0.614. The number of anilines is 3. The van der Waals surface area contributed by atoms with Gasteiger partial charge in [0.15, 0.2) is 5.82 Å². The fourth-order valence-corrected chi connectivity index (χ4v) is 1.88. The average Bonchev–Trinajstić information content (AvgIpc) is 2.74. The number of aliphatic hydroxyl groups is 2.